The molecule has 0 rings (SSSR count). The van der Waals surface area contributed by atoms with E-state index >= 15 is 0 Å². The van der Waals surface area contributed by atoms with E-state index in [2.05, 4.69) is 16.9 Å². The molecule has 0 fully saturated rings. The van der Waals surface area contributed by atoms with Crippen LogP contribution in [0.3, 0.4) is 0 Å². The molecule has 0 aliphatic heterocycles. The van der Waals surface area contributed by atoms with Gasteiger partial charge >= 0.3 is 0 Å². The first-order valence-corrected chi connectivity index (χ1v) is 5.40. The van der Waals surface area contributed by atoms with Crippen molar-refractivity contribution in [2.45, 2.75) is 45.6 Å². The van der Waals surface area contributed by atoms with E-state index in [1.807, 2.05) is 6.92 Å². The zero-order valence-electron chi connectivity index (χ0n) is 9.40. The van der Waals surface area contributed by atoms with Crippen LogP contribution in [-0.4, -0.2) is 24.7 Å². The van der Waals surface area contributed by atoms with Gasteiger partial charge in [0.25, 0.3) is 0 Å². The lowest BCUT2D eigenvalue weighted by atomic mass is 9.91. The number of isocyanates is 2. The second kappa shape index (κ2) is 9.32. The van der Waals surface area contributed by atoms with Gasteiger partial charge in [-0.1, -0.05) is 20.3 Å². The average Bonchev–Trinajstić information content (AvgIpc) is 2.27. The van der Waals surface area contributed by atoms with Gasteiger partial charge in [0.15, 0.2) is 0 Å². The fourth-order valence-electron chi connectivity index (χ4n) is 1.74. The number of carbonyl (C=O) groups excluding carboxylic acids is 2. The standard InChI is InChI=1S/C11H18N2O2/c1-3-10(6-5-7-12-8-14)11(4-2)13-9-15/h10-11H,3-7H2,1-2H3. The topological polar surface area (TPSA) is 58.9 Å². The van der Waals surface area contributed by atoms with Gasteiger partial charge in [-0.2, -0.15) is 0 Å². The third-order valence-corrected chi connectivity index (χ3v) is 2.61. The lowest BCUT2D eigenvalue weighted by Crippen LogP contribution is -2.17. The van der Waals surface area contributed by atoms with Crippen molar-refractivity contribution in [1.29, 1.82) is 0 Å². The van der Waals surface area contributed by atoms with E-state index in [1.54, 1.807) is 6.08 Å². The van der Waals surface area contributed by atoms with E-state index in [0.717, 1.165) is 25.7 Å². The van der Waals surface area contributed by atoms with Gasteiger partial charge in [0.05, 0.1) is 12.6 Å². The van der Waals surface area contributed by atoms with Crippen LogP contribution in [0.4, 0.5) is 0 Å². The van der Waals surface area contributed by atoms with Gasteiger partial charge in [0.2, 0.25) is 12.2 Å². The Bertz CT molecular complexity index is 253. The van der Waals surface area contributed by atoms with Crippen LogP contribution >= 0.6 is 0 Å². The van der Waals surface area contributed by atoms with Gasteiger partial charge in [-0.25, -0.2) is 19.6 Å². The molecule has 0 aliphatic carbocycles. The summed E-state index contributed by atoms with van der Waals surface area (Å²) in [6.07, 6.45) is 6.76. The molecule has 0 bridgehead atoms. The summed E-state index contributed by atoms with van der Waals surface area (Å²) in [6.45, 7) is 4.61. The molecule has 4 nitrogen and oxygen atoms in total. The van der Waals surface area contributed by atoms with Gasteiger partial charge in [0, 0.05) is 0 Å². The molecule has 0 aromatic rings. The zero-order valence-corrected chi connectivity index (χ0v) is 9.40. The Labute approximate surface area is 90.5 Å². The normalized spacial score (nSPS) is 13.5. The van der Waals surface area contributed by atoms with Crippen LogP contribution in [0.15, 0.2) is 9.98 Å². The van der Waals surface area contributed by atoms with Crippen molar-refractivity contribution in [1.82, 2.24) is 0 Å². The molecule has 0 aromatic carbocycles. The molecule has 0 aliphatic rings. The van der Waals surface area contributed by atoms with Crippen LogP contribution in [0.1, 0.15) is 39.5 Å². The first-order valence-electron chi connectivity index (χ1n) is 5.40. The van der Waals surface area contributed by atoms with Gasteiger partial charge < -0.3 is 0 Å². The summed E-state index contributed by atoms with van der Waals surface area (Å²) in [5.74, 6) is 0.387. The Hall–Kier alpha value is -1.24. The molecular formula is C11H18N2O2. The van der Waals surface area contributed by atoms with Gasteiger partial charge in [-0.05, 0) is 25.2 Å². The molecule has 0 spiro atoms. The third-order valence-electron chi connectivity index (χ3n) is 2.61. The predicted octanol–water partition coefficient (Wildman–Crippen LogP) is 2.24. The number of nitrogens with zero attached hydrogens (tertiary/aromatic N) is 2. The monoisotopic (exact) mass is 210 g/mol. The Kier molecular flexibility index (Phi) is 8.55. The lowest BCUT2D eigenvalue weighted by molar-refractivity contribution is 0.367. The van der Waals surface area contributed by atoms with Crippen molar-refractivity contribution < 1.29 is 9.59 Å². The molecule has 0 heterocycles. The Morgan fingerprint density at radius 1 is 1.13 bits per heavy atom. The number of aliphatic imine (C=N–C) groups is 2. The maximum atomic E-state index is 10.2. The summed E-state index contributed by atoms with van der Waals surface area (Å²) in [5.41, 5.74) is 0. The first kappa shape index (κ1) is 13.8. The van der Waals surface area contributed by atoms with Crippen molar-refractivity contribution in [3.63, 3.8) is 0 Å². The van der Waals surface area contributed by atoms with Crippen LogP contribution in [0.5, 0.6) is 0 Å². The van der Waals surface area contributed by atoms with Gasteiger partial charge in [-0.3, -0.25) is 0 Å². The molecule has 0 saturated heterocycles. The summed E-state index contributed by atoms with van der Waals surface area (Å²) in [4.78, 5) is 27.4. The van der Waals surface area contributed by atoms with E-state index < -0.39 is 0 Å². The largest absolute Gasteiger partial charge is 0.235 e. The van der Waals surface area contributed by atoms with E-state index in [9.17, 15) is 9.59 Å². The second-order valence-corrected chi connectivity index (χ2v) is 3.48. The van der Waals surface area contributed by atoms with Crippen LogP contribution in [0.25, 0.3) is 0 Å². The molecule has 84 valence electrons. The molecule has 0 aromatic heterocycles. The highest BCUT2D eigenvalue weighted by Crippen LogP contribution is 2.20. The fraction of sp³-hybridized carbons (Fsp3) is 0.818. The van der Waals surface area contributed by atoms with Crippen molar-refractivity contribution in [3.05, 3.63) is 0 Å². The van der Waals surface area contributed by atoms with Crippen molar-refractivity contribution in [3.8, 4) is 0 Å². The highest BCUT2D eigenvalue weighted by molar-refractivity contribution is 5.33. The van der Waals surface area contributed by atoms with Crippen LogP contribution in [-0.2, 0) is 9.59 Å². The SMILES string of the molecule is CCC(CCCN=C=O)C(CC)N=C=O. The number of hydrogen-bond acceptors (Lipinski definition) is 4. The minimum Gasteiger partial charge on any atom is -0.211 e. The minimum absolute atomic E-state index is 0.0627. The molecule has 2 unspecified atom stereocenters. The molecule has 0 N–H and O–H groups in total. The Morgan fingerprint density at radius 3 is 2.33 bits per heavy atom. The highest BCUT2D eigenvalue weighted by Gasteiger charge is 2.16. The minimum atomic E-state index is 0.0627. The Morgan fingerprint density at radius 2 is 1.87 bits per heavy atom. The third kappa shape index (κ3) is 5.95. The fourth-order valence-corrected chi connectivity index (χ4v) is 1.74. The molecule has 4 heteroatoms. The predicted molar refractivity (Wildman–Crippen MR) is 58.2 cm³/mol. The molecule has 0 saturated carbocycles. The summed E-state index contributed by atoms with van der Waals surface area (Å²) in [7, 11) is 0. The maximum absolute atomic E-state index is 10.2. The molecule has 2 atom stereocenters. The smallest absolute Gasteiger partial charge is 0.211 e. The molecule has 0 radical (unpaired) electrons. The molecule has 15 heavy (non-hydrogen) atoms. The maximum Gasteiger partial charge on any atom is 0.235 e. The van der Waals surface area contributed by atoms with Crippen molar-refractivity contribution >= 4 is 12.2 Å². The Balaban J connectivity index is 4.08. The highest BCUT2D eigenvalue weighted by atomic mass is 16.1. The van der Waals surface area contributed by atoms with Gasteiger partial charge in [0.1, 0.15) is 0 Å². The molecule has 0 amide bonds. The van der Waals surface area contributed by atoms with E-state index in [1.165, 1.54) is 6.08 Å². The van der Waals surface area contributed by atoms with Crippen LogP contribution in [0, 0.1) is 5.92 Å². The zero-order chi connectivity index (χ0) is 11.5. The van der Waals surface area contributed by atoms with Gasteiger partial charge in [-0.15, -0.1) is 0 Å². The summed E-state index contributed by atoms with van der Waals surface area (Å²) < 4.78 is 0. The summed E-state index contributed by atoms with van der Waals surface area (Å²) >= 11 is 0. The van der Waals surface area contributed by atoms with Crippen molar-refractivity contribution in [2.24, 2.45) is 15.9 Å². The van der Waals surface area contributed by atoms with E-state index in [4.69, 9.17) is 0 Å². The summed E-state index contributed by atoms with van der Waals surface area (Å²) in [5, 5.41) is 0. The van der Waals surface area contributed by atoms with Crippen LogP contribution < -0.4 is 0 Å². The first-order chi connectivity index (χ1) is 7.29. The molecular weight excluding hydrogens is 192 g/mol. The van der Waals surface area contributed by atoms with Crippen molar-refractivity contribution in [2.75, 3.05) is 6.54 Å². The number of rotatable bonds is 8. The van der Waals surface area contributed by atoms with E-state index in [0.29, 0.717) is 12.5 Å². The average molecular weight is 210 g/mol. The van der Waals surface area contributed by atoms with Crippen LogP contribution in [0.2, 0.25) is 0 Å². The quantitative estimate of drug-likeness (QED) is 0.350. The number of hydrogen-bond donors (Lipinski definition) is 0. The second-order valence-electron chi connectivity index (χ2n) is 3.48. The lowest BCUT2D eigenvalue weighted by Gasteiger charge is -2.19. The summed E-state index contributed by atoms with van der Waals surface area (Å²) in [6, 6.07) is 0.0627. The van der Waals surface area contributed by atoms with E-state index in [-0.39, 0.29) is 6.04 Å².